The number of fused-ring (bicyclic) bond motifs is 11. The van der Waals surface area contributed by atoms with E-state index in [1.165, 1.54) is 72.6 Å². The second-order valence-electron chi connectivity index (χ2n) is 10.1. The number of hydrogen-bond acceptors (Lipinski definition) is 4. The summed E-state index contributed by atoms with van der Waals surface area (Å²) in [7, 11) is 0. The fourth-order valence-electron chi connectivity index (χ4n) is 6.84. The topological polar surface area (TPSA) is 41.9 Å². The summed E-state index contributed by atoms with van der Waals surface area (Å²) >= 11 is 0. The van der Waals surface area contributed by atoms with E-state index in [9.17, 15) is 0 Å². The maximum Gasteiger partial charge on any atom is 0.144 e. The fraction of sp³-hybridized carbons (Fsp3) is 0.129. The van der Waals surface area contributed by atoms with Crippen molar-refractivity contribution in [2.45, 2.75) is 25.7 Å². The number of rotatable bonds is 0. The van der Waals surface area contributed by atoms with Gasteiger partial charge in [-0.3, -0.25) is 9.88 Å². The second-order valence-corrected chi connectivity index (χ2v) is 10.1. The van der Waals surface area contributed by atoms with Crippen LogP contribution >= 0.6 is 0 Å². The van der Waals surface area contributed by atoms with Crippen molar-refractivity contribution >= 4 is 17.2 Å². The maximum atomic E-state index is 4.80. The average Bonchev–Trinajstić information content (AvgIpc) is 3.45. The van der Waals surface area contributed by atoms with Crippen LogP contribution in [0, 0.1) is 0 Å². The van der Waals surface area contributed by atoms with E-state index in [1.807, 2.05) is 12.4 Å². The molecule has 4 heterocycles. The summed E-state index contributed by atoms with van der Waals surface area (Å²) in [5.41, 5.74) is 18.9. The summed E-state index contributed by atoms with van der Waals surface area (Å²) in [4.78, 5) is 16.2. The molecule has 4 aliphatic rings. The van der Waals surface area contributed by atoms with Crippen LogP contribution in [0.2, 0.25) is 0 Å². The van der Waals surface area contributed by atoms with Gasteiger partial charge in [0.2, 0.25) is 0 Å². The minimum atomic E-state index is 0.854. The summed E-state index contributed by atoms with van der Waals surface area (Å²) in [5.74, 6) is 0.991. The zero-order chi connectivity index (χ0) is 22.7. The van der Waals surface area contributed by atoms with Crippen LogP contribution in [0.5, 0.6) is 0 Å². The van der Waals surface area contributed by atoms with Gasteiger partial charge >= 0.3 is 0 Å². The third-order valence-corrected chi connectivity index (χ3v) is 8.33. The predicted molar refractivity (Wildman–Crippen MR) is 137 cm³/mol. The fourth-order valence-corrected chi connectivity index (χ4v) is 6.84. The summed E-state index contributed by atoms with van der Waals surface area (Å²) < 4.78 is 0. The Morgan fingerprint density at radius 2 is 1.49 bits per heavy atom. The molecule has 0 saturated carbocycles. The normalized spacial score (nSPS) is 14.9. The molecule has 0 bridgehead atoms. The van der Waals surface area contributed by atoms with Crippen molar-refractivity contribution in [2.75, 3.05) is 4.90 Å². The third kappa shape index (κ3) is 2.25. The van der Waals surface area contributed by atoms with E-state index in [1.54, 1.807) is 6.33 Å². The predicted octanol–water partition coefficient (Wildman–Crippen LogP) is 6.29. The molecule has 4 nitrogen and oxygen atoms in total. The molecule has 0 saturated heterocycles. The molecule has 0 radical (unpaired) electrons. The van der Waals surface area contributed by atoms with Crippen LogP contribution < -0.4 is 4.90 Å². The van der Waals surface area contributed by atoms with Gasteiger partial charge in [0.05, 0.1) is 17.1 Å². The van der Waals surface area contributed by atoms with E-state index < -0.39 is 0 Å². The molecule has 2 aromatic heterocycles. The standard InChI is InChI=1S/C31H20N4/c1-2-4-22-17(3-1)11-26-23(22)5-6-24-25-14-29-20(10-19(25)12-27(24)26)13-28-30-18(7-8-33-28)9-21-15-32-16-34-31(21)35(29)30/h1-8,10,14-16H,9,11-13H2. The largest absolute Gasteiger partial charge is 0.292 e. The van der Waals surface area contributed by atoms with E-state index in [-0.39, 0.29) is 0 Å². The highest BCUT2D eigenvalue weighted by atomic mass is 15.2. The Morgan fingerprint density at radius 1 is 0.629 bits per heavy atom. The van der Waals surface area contributed by atoms with Gasteiger partial charge in [0, 0.05) is 30.8 Å². The molecule has 0 amide bonds. The molecule has 5 aromatic rings. The van der Waals surface area contributed by atoms with Gasteiger partial charge in [-0.2, -0.15) is 0 Å². The van der Waals surface area contributed by atoms with Crippen molar-refractivity contribution in [3.8, 4) is 22.3 Å². The maximum absolute atomic E-state index is 4.80. The number of anilines is 3. The van der Waals surface area contributed by atoms with Crippen LogP contribution in [0.15, 0.2) is 73.3 Å². The molecule has 0 N–H and O–H groups in total. The Bertz CT molecular complexity index is 1770. The number of hydrogen-bond donors (Lipinski definition) is 0. The minimum Gasteiger partial charge on any atom is -0.292 e. The first kappa shape index (κ1) is 18.1. The van der Waals surface area contributed by atoms with E-state index in [0.29, 0.717) is 0 Å². The Balaban J connectivity index is 1.26. The summed E-state index contributed by atoms with van der Waals surface area (Å²) in [6.45, 7) is 0. The summed E-state index contributed by atoms with van der Waals surface area (Å²) in [6.07, 6.45) is 9.35. The monoisotopic (exact) mass is 448 g/mol. The molecule has 35 heavy (non-hydrogen) atoms. The van der Waals surface area contributed by atoms with Crippen LogP contribution in [0.3, 0.4) is 0 Å². The zero-order valence-corrected chi connectivity index (χ0v) is 19.0. The van der Waals surface area contributed by atoms with Crippen molar-refractivity contribution in [1.82, 2.24) is 15.0 Å². The first-order chi connectivity index (χ1) is 17.3. The van der Waals surface area contributed by atoms with Crippen LogP contribution in [0.1, 0.15) is 44.6 Å². The average molecular weight is 449 g/mol. The molecular weight excluding hydrogens is 428 g/mol. The Morgan fingerprint density at radius 3 is 2.43 bits per heavy atom. The molecule has 3 aromatic carbocycles. The molecule has 0 spiro atoms. The van der Waals surface area contributed by atoms with Crippen LogP contribution in [0.4, 0.5) is 17.2 Å². The molecule has 0 fully saturated rings. The van der Waals surface area contributed by atoms with Gasteiger partial charge in [-0.15, -0.1) is 0 Å². The van der Waals surface area contributed by atoms with Crippen LogP contribution in [-0.4, -0.2) is 15.0 Å². The van der Waals surface area contributed by atoms with Gasteiger partial charge in [0.1, 0.15) is 12.1 Å². The van der Waals surface area contributed by atoms with Crippen molar-refractivity contribution in [2.24, 2.45) is 0 Å². The molecule has 2 aliphatic heterocycles. The van der Waals surface area contributed by atoms with Crippen LogP contribution in [0.25, 0.3) is 22.3 Å². The zero-order valence-electron chi connectivity index (χ0n) is 19.0. The smallest absolute Gasteiger partial charge is 0.144 e. The highest BCUT2D eigenvalue weighted by Gasteiger charge is 2.35. The molecule has 9 rings (SSSR count). The minimum absolute atomic E-state index is 0.854. The highest BCUT2D eigenvalue weighted by Crippen LogP contribution is 2.53. The SMILES string of the molecule is c1ccc2c(c1)Cc1c-2ccc2c1Cc1cc3c(cc1-2)N1c2ncncc2Cc2ccnc(c21)C3. The molecule has 0 unspecified atom stereocenters. The highest BCUT2D eigenvalue weighted by molar-refractivity contribution is 5.92. The molecule has 2 aliphatic carbocycles. The molecular formula is C31H20N4. The van der Waals surface area contributed by atoms with Crippen molar-refractivity contribution < 1.29 is 0 Å². The van der Waals surface area contributed by atoms with Crippen molar-refractivity contribution in [3.63, 3.8) is 0 Å². The lowest BCUT2D eigenvalue weighted by atomic mass is 9.89. The van der Waals surface area contributed by atoms with E-state index in [0.717, 1.165) is 37.2 Å². The van der Waals surface area contributed by atoms with Crippen molar-refractivity contribution in [3.05, 3.63) is 118 Å². The van der Waals surface area contributed by atoms with Gasteiger partial charge in [0.25, 0.3) is 0 Å². The van der Waals surface area contributed by atoms with E-state index in [2.05, 4.69) is 64.5 Å². The van der Waals surface area contributed by atoms with Crippen molar-refractivity contribution in [1.29, 1.82) is 0 Å². The Hall–Kier alpha value is -4.31. The first-order valence-electron chi connectivity index (χ1n) is 12.3. The van der Waals surface area contributed by atoms with E-state index in [4.69, 9.17) is 9.97 Å². The number of pyridine rings is 1. The second kappa shape index (κ2) is 6.22. The van der Waals surface area contributed by atoms with Gasteiger partial charge in [-0.05, 0) is 80.6 Å². The van der Waals surface area contributed by atoms with Crippen LogP contribution in [-0.2, 0) is 25.7 Å². The van der Waals surface area contributed by atoms with Gasteiger partial charge in [0.15, 0.2) is 0 Å². The molecule has 0 atom stereocenters. The van der Waals surface area contributed by atoms with E-state index >= 15 is 0 Å². The number of benzene rings is 3. The summed E-state index contributed by atoms with van der Waals surface area (Å²) in [6, 6.07) is 20.6. The number of aromatic nitrogens is 3. The van der Waals surface area contributed by atoms with Gasteiger partial charge in [-0.25, -0.2) is 9.97 Å². The lowest BCUT2D eigenvalue weighted by Crippen LogP contribution is -2.26. The summed E-state index contributed by atoms with van der Waals surface area (Å²) in [5, 5.41) is 0. The Kier molecular flexibility index (Phi) is 3.21. The Labute approximate surface area is 203 Å². The first-order valence-corrected chi connectivity index (χ1v) is 12.3. The quantitative estimate of drug-likeness (QED) is 0.273. The van der Waals surface area contributed by atoms with Gasteiger partial charge < -0.3 is 0 Å². The lowest BCUT2D eigenvalue weighted by molar-refractivity contribution is 0.926. The third-order valence-electron chi connectivity index (χ3n) is 8.33. The molecule has 164 valence electrons. The number of nitrogens with zero attached hydrogens (tertiary/aromatic N) is 4. The molecule has 4 heteroatoms. The van der Waals surface area contributed by atoms with Gasteiger partial charge in [-0.1, -0.05) is 42.5 Å². The lowest BCUT2D eigenvalue weighted by Gasteiger charge is -2.37.